The summed E-state index contributed by atoms with van der Waals surface area (Å²) in [6.07, 6.45) is 0. The van der Waals surface area contributed by atoms with Crippen LogP contribution in [0, 0.1) is 12.8 Å². The predicted molar refractivity (Wildman–Crippen MR) is 62.7 cm³/mol. The molecule has 1 amide bonds. The molecule has 0 aliphatic heterocycles. The van der Waals surface area contributed by atoms with Crippen molar-refractivity contribution in [1.82, 2.24) is 9.88 Å². The van der Waals surface area contributed by atoms with Crippen molar-refractivity contribution in [2.45, 2.75) is 13.8 Å². The van der Waals surface area contributed by atoms with E-state index >= 15 is 0 Å². The number of hydrogen-bond acceptors (Lipinski definition) is 3. The fourth-order valence-electron chi connectivity index (χ4n) is 1.43. The molecule has 0 saturated carbocycles. The molecule has 0 fully saturated rings. The zero-order valence-corrected chi connectivity index (χ0v) is 10.2. The lowest BCUT2D eigenvalue weighted by Gasteiger charge is -2.19. The maximum absolute atomic E-state index is 11.9. The van der Waals surface area contributed by atoms with Gasteiger partial charge in [-0.15, -0.1) is 0 Å². The number of aryl methyl sites for hydroxylation is 1. The molecular formula is C12H16N2O3. The molecule has 0 aromatic carbocycles. The Hall–Kier alpha value is -1.91. The normalized spacial score (nSPS) is 11.9. The topological polar surface area (TPSA) is 70.5 Å². The van der Waals surface area contributed by atoms with Gasteiger partial charge >= 0.3 is 5.97 Å². The molecule has 0 aliphatic rings. The Kier molecular flexibility index (Phi) is 4.20. The molecule has 1 aromatic heterocycles. The van der Waals surface area contributed by atoms with E-state index in [1.165, 1.54) is 4.90 Å². The van der Waals surface area contributed by atoms with Crippen molar-refractivity contribution in [3.05, 3.63) is 29.6 Å². The van der Waals surface area contributed by atoms with Gasteiger partial charge < -0.3 is 10.0 Å². The van der Waals surface area contributed by atoms with Crippen molar-refractivity contribution < 1.29 is 14.7 Å². The fraction of sp³-hybridized carbons (Fsp3) is 0.417. The van der Waals surface area contributed by atoms with Gasteiger partial charge in [0.2, 0.25) is 0 Å². The van der Waals surface area contributed by atoms with Crippen molar-refractivity contribution >= 4 is 11.9 Å². The first-order valence-electron chi connectivity index (χ1n) is 5.33. The van der Waals surface area contributed by atoms with E-state index < -0.39 is 11.9 Å². The Morgan fingerprint density at radius 1 is 1.47 bits per heavy atom. The van der Waals surface area contributed by atoms with Crippen LogP contribution in [0.5, 0.6) is 0 Å². The van der Waals surface area contributed by atoms with Crippen molar-refractivity contribution in [2.75, 3.05) is 13.6 Å². The highest BCUT2D eigenvalue weighted by Gasteiger charge is 2.19. The largest absolute Gasteiger partial charge is 0.481 e. The number of hydrogen-bond donors (Lipinski definition) is 1. The fourth-order valence-corrected chi connectivity index (χ4v) is 1.43. The Bertz CT molecular complexity index is 432. The summed E-state index contributed by atoms with van der Waals surface area (Å²) in [6.45, 7) is 3.54. The molecule has 1 rings (SSSR count). The number of carboxylic acids is 1. The van der Waals surface area contributed by atoms with Crippen LogP contribution >= 0.6 is 0 Å². The number of carboxylic acid groups (broad SMARTS) is 1. The quantitative estimate of drug-likeness (QED) is 0.852. The molecule has 17 heavy (non-hydrogen) atoms. The van der Waals surface area contributed by atoms with Gasteiger partial charge in [-0.2, -0.15) is 0 Å². The van der Waals surface area contributed by atoms with Gasteiger partial charge in [-0.25, -0.2) is 4.98 Å². The molecular weight excluding hydrogens is 220 g/mol. The lowest BCUT2D eigenvalue weighted by Crippen LogP contribution is -2.34. The third kappa shape index (κ3) is 3.55. The van der Waals surface area contributed by atoms with Crippen LogP contribution < -0.4 is 0 Å². The second-order valence-corrected chi connectivity index (χ2v) is 4.09. The van der Waals surface area contributed by atoms with Gasteiger partial charge in [0.05, 0.1) is 5.92 Å². The average Bonchev–Trinajstić information content (AvgIpc) is 2.27. The van der Waals surface area contributed by atoms with E-state index in [1.54, 1.807) is 39.1 Å². The minimum atomic E-state index is -0.915. The summed E-state index contributed by atoms with van der Waals surface area (Å²) in [4.78, 5) is 28.1. The summed E-state index contributed by atoms with van der Waals surface area (Å²) in [5, 5.41) is 8.77. The molecule has 0 saturated heterocycles. The molecule has 1 N–H and O–H groups in total. The maximum Gasteiger partial charge on any atom is 0.308 e. The van der Waals surface area contributed by atoms with Crippen LogP contribution in [0.15, 0.2) is 18.2 Å². The third-order valence-corrected chi connectivity index (χ3v) is 2.42. The number of rotatable bonds is 4. The number of nitrogens with zero attached hydrogens (tertiary/aromatic N) is 2. The molecule has 0 spiro atoms. The van der Waals surface area contributed by atoms with Gasteiger partial charge in [0, 0.05) is 19.3 Å². The zero-order valence-electron chi connectivity index (χ0n) is 10.2. The predicted octanol–water partition coefficient (Wildman–Crippen LogP) is 1.18. The van der Waals surface area contributed by atoms with E-state index in [0.717, 1.165) is 5.69 Å². The summed E-state index contributed by atoms with van der Waals surface area (Å²) in [6, 6.07) is 5.18. The summed E-state index contributed by atoms with van der Waals surface area (Å²) in [5.74, 6) is -1.77. The van der Waals surface area contributed by atoms with E-state index in [2.05, 4.69) is 4.98 Å². The maximum atomic E-state index is 11.9. The van der Waals surface area contributed by atoms with Gasteiger partial charge in [0.1, 0.15) is 5.69 Å². The minimum Gasteiger partial charge on any atom is -0.481 e. The smallest absolute Gasteiger partial charge is 0.308 e. The lowest BCUT2D eigenvalue weighted by atomic mass is 10.1. The summed E-state index contributed by atoms with van der Waals surface area (Å²) < 4.78 is 0. The summed E-state index contributed by atoms with van der Waals surface area (Å²) >= 11 is 0. The Balaban J connectivity index is 2.73. The van der Waals surface area contributed by atoms with Crippen molar-refractivity contribution in [2.24, 2.45) is 5.92 Å². The van der Waals surface area contributed by atoms with Crippen LogP contribution in [0.25, 0.3) is 0 Å². The molecule has 5 heteroatoms. The molecule has 1 unspecified atom stereocenters. The average molecular weight is 236 g/mol. The van der Waals surface area contributed by atoms with E-state index in [9.17, 15) is 9.59 Å². The number of carbonyl (C=O) groups is 2. The minimum absolute atomic E-state index is 0.170. The number of amides is 1. The standard InChI is InChI=1S/C12H16N2O3/c1-8(12(16)17)7-14(3)11(15)10-6-4-5-9(2)13-10/h4-6,8H,7H2,1-3H3,(H,16,17). The number of carbonyl (C=O) groups excluding carboxylic acids is 1. The molecule has 0 bridgehead atoms. The van der Waals surface area contributed by atoms with Gasteiger partial charge in [-0.1, -0.05) is 13.0 Å². The monoisotopic (exact) mass is 236 g/mol. The van der Waals surface area contributed by atoms with Gasteiger partial charge in [0.25, 0.3) is 5.91 Å². The van der Waals surface area contributed by atoms with Crippen LogP contribution in [0.1, 0.15) is 23.1 Å². The first-order valence-corrected chi connectivity index (χ1v) is 5.33. The van der Waals surface area contributed by atoms with Crippen molar-refractivity contribution in [3.8, 4) is 0 Å². The Morgan fingerprint density at radius 3 is 2.65 bits per heavy atom. The first-order chi connectivity index (χ1) is 7.91. The first kappa shape index (κ1) is 13.2. The van der Waals surface area contributed by atoms with Crippen LogP contribution in [-0.2, 0) is 4.79 Å². The lowest BCUT2D eigenvalue weighted by molar-refractivity contribution is -0.141. The second kappa shape index (κ2) is 5.43. The highest BCUT2D eigenvalue weighted by molar-refractivity contribution is 5.92. The third-order valence-electron chi connectivity index (χ3n) is 2.42. The van der Waals surface area contributed by atoms with Crippen LogP contribution in [0.2, 0.25) is 0 Å². The Morgan fingerprint density at radius 2 is 2.12 bits per heavy atom. The molecule has 5 nitrogen and oxygen atoms in total. The molecule has 1 atom stereocenters. The molecule has 0 aliphatic carbocycles. The van der Waals surface area contributed by atoms with E-state index in [-0.39, 0.29) is 12.5 Å². The highest BCUT2D eigenvalue weighted by Crippen LogP contribution is 2.05. The Labute approximate surface area is 100 Å². The molecule has 92 valence electrons. The SMILES string of the molecule is Cc1cccc(C(=O)N(C)CC(C)C(=O)O)n1. The molecule has 1 heterocycles. The van der Waals surface area contributed by atoms with Crippen molar-refractivity contribution in [1.29, 1.82) is 0 Å². The zero-order chi connectivity index (χ0) is 13.0. The van der Waals surface area contributed by atoms with Crippen molar-refractivity contribution in [3.63, 3.8) is 0 Å². The summed E-state index contributed by atoms with van der Waals surface area (Å²) in [5.41, 5.74) is 1.10. The van der Waals surface area contributed by atoms with E-state index in [1.807, 2.05) is 0 Å². The molecule has 0 radical (unpaired) electrons. The van der Waals surface area contributed by atoms with Crippen LogP contribution in [0.4, 0.5) is 0 Å². The number of aliphatic carboxylic acids is 1. The van der Waals surface area contributed by atoms with Crippen LogP contribution in [0.3, 0.4) is 0 Å². The van der Waals surface area contributed by atoms with Gasteiger partial charge in [-0.05, 0) is 19.1 Å². The highest BCUT2D eigenvalue weighted by atomic mass is 16.4. The van der Waals surface area contributed by atoms with E-state index in [4.69, 9.17) is 5.11 Å². The number of pyridine rings is 1. The van der Waals surface area contributed by atoms with E-state index in [0.29, 0.717) is 5.69 Å². The summed E-state index contributed by atoms with van der Waals surface area (Å²) in [7, 11) is 1.58. The van der Waals surface area contributed by atoms with Gasteiger partial charge in [0.15, 0.2) is 0 Å². The second-order valence-electron chi connectivity index (χ2n) is 4.09. The van der Waals surface area contributed by atoms with Crippen LogP contribution in [-0.4, -0.2) is 40.5 Å². The molecule has 1 aromatic rings. The van der Waals surface area contributed by atoms with Gasteiger partial charge in [-0.3, -0.25) is 9.59 Å². The number of aromatic nitrogens is 1.